The van der Waals surface area contributed by atoms with E-state index < -0.39 is 0 Å². The van der Waals surface area contributed by atoms with Crippen molar-refractivity contribution < 1.29 is 9.47 Å². The van der Waals surface area contributed by atoms with Crippen LogP contribution < -0.4 is 10.5 Å². The molecule has 108 valence electrons. The number of rotatable bonds is 2. The Balaban J connectivity index is 2.09. The number of pyridine rings is 1. The molecular formula is C14H11BrIN3O2. The van der Waals surface area contributed by atoms with Crippen molar-refractivity contribution in [2.75, 3.05) is 6.61 Å². The van der Waals surface area contributed by atoms with E-state index in [1.165, 1.54) is 0 Å². The molecule has 0 saturated heterocycles. The second kappa shape index (κ2) is 5.80. The Morgan fingerprint density at radius 3 is 3.00 bits per heavy atom. The fraction of sp³-hybridized carbons (Fsp3) is 0.143. The molecule has 1 atom stereocenters. The van der Waals surface area contributed by atoms with Gasteiger partial charge in [-0.1, -0.05) is 0 Å². The van der Waals surface area contributed by atoms with Gasteiger partial charge in [0.15, 0.2) is 0 Å². The lowest BCUT2D eigenvalue weighted by Crippen LogP contribution is -2.22. The van der Waals surface area contributed by atoms with Gasteiger partial charge >= 0.3 is 0 Å². The van der Waals surface area contributed by atoms with E-state index >= 15 is 0 Å². The van der Waals surface area contributed by atoms with E-state index in [2.05, 4.69) is 43.5 Å². The zero-order valence-electron chi connectivity index (χ0n) is 10.8. The summed E-state index contributed by atoms with van der Waals surface area (Å²) in [6, 6.07) is 7.61. The smallest absolute Gasteiger partial charge is 0.279 e. The van der Waals surface area contributed by atoms with Crippen LogP contribution in [0.2, 0.25) is 0 Å². The summed E-state index contributed by atoms with van der Waals surface area (Å²) < 4.78 is 13.1. The number of nitrogens with zero attached hydrogens (tertiary/aromatic N) is 1. The molecule has 2 heterocycles. The minimum absolute atomic E-state index is 0.0765. The Hall–Kier alpha value is -1.35. The number of halogens is 2. The van der Waals surface area contributed by atoms with Crippen LogP contribution in [0.1, 0.15) is 17.0 Å². The summed E-state index contributed by atoms with van der Waals surface area (Å²) in [5.41, 5.74) is 7.24. The van der Waals surface area contributed by atoms with Crippen LogP contribution in [0.4, 0.5) is 0 Å². The lowest BCUT2D eigenvalue weighted by molar-refractivity contribution is 0.273. The summed E-state index contributed by atoms with van der Waals surface area (Å²) in [6.45, 7) is 0.275. The van der Waals surface area contributed by atoms with Crippen LogP contribution in [0.25, 0.3) is 0 Å². The molecule has 1 aliphatic rings. The average molecular weight is 460 g/mol. The molecule has 1 aromatic heterocycles. The topological polar surface area (TPSA) is 81.2 Å². The molecule has 2 aromatic rings. The Morgan fingerprint density at radius 1 is 1.43 bits per heavy atom. The Bertz CT molecular complexity index is 672. The van der Waals surface area contributed by atoms with Gasteiger partial charge in [0.2, 0.25) is 5.88 Å². The van der Waals surface area contributed by atoms with Crippen LogP contribution in [0.5, 0.6) is 11.6 Å². The van der Waals surface area contributed by atoms with Crippen LogP contribution in [-0.4, -0.2) is 17.6 Å². The van der Waals surface area contributed by atoms with Crippen molar-refractivity contribution in [2.45, 2.75) is 5.92 Å². The fourth-order valence-electron chi connectivity index (χ4n) is 2.29. The van der Waals surface area contributed by atoms with Crippen molar-refractivity contribution >= 4 is 44.5 Å². The van der Waals surface area contributed by atoms with Crippen molar-refractivity contribution in [1.29, 1.82) is 5.41 Å². The number of amidine groups is 1. The first-order chi connectivity index (χ1) is 10.0. The SMILES string of the molecule is N=C(N)OCC1c2cc(I)ccc2Oc2ncc(Br)cc21. The van der Waals surface area contributed by atoms with Gasteiger partial charge in [0, 0.05) is 25.4 Å². The highest BCUT2D eigenvalue weighted by molar-refractivity contribution is 14.1. The lowest BCUT2D eigenvalue weighted by Gasteiger charge is -2.27. The van der Waals surface area contributed by atoms with E-state index in [0.29, 0.717) is 5.88 Å². The molecule has 7 heteroatoms. The number of nitrogens with two attached hydrogens (primary N) is 1. The lowest BCUT2D eigenvalue weighted by atomic mass is 9.90. The third-order valence-electron chi connectivity index (χ3n) is 3.18. The van der Waals surface area contributed by atoms with E-state index in [-0.39, 0.29) is 18.5 Å². The number of ether oxygens (including phenoxy) is 2. The predicted octanol–water partition coefficient (Wildman–Crippen LogP) is 3.60. The minimum atomic E-state index is -0.293. The van der Waals surface area contributed by atoms with Crippen molar-refractivity contribution in [2.24, 2.45) is 5.73 Å². The number of fused-ring (bicyclic) bond motifs is 2. The number of hydrogen-bond acceptors (Lipinski definition) is 4. The first kappa shape index (κ1) is 14.6. The molecule has 3 rings (SSSR count). The number of aromatic nitrogens is 1. The average Bonchev–Trinajstić information content (AvgIpc) is 2.44. The van der Waals surface area contributed by atoms with Gasteiger partial charge in [0.05, 0.1) is 5.92 Å². The van der Waals surface area contributed by atoms with Gasteiger partial charge in [-0.15, -0.1) is 0 Å². The van der Waals surface area contributed by atoms with Crippen LogP contribution in [-0.2, 0) is 4.74 Å². The van der Waals surface area contributed by atoms with Crippen LogP contribution in [0.15, 0.2) is 34.9 Å². The van der Waals surface area contributed by atoms with Crippen LogP contribution in [0.3, 0.4) is 0 Å². The molecule has 0 amide bonds. The van der Waals surface area contributed by atoms with Crippen molar-refractivity contribution in [3.8, 4) is 11.6 Å². The zero-order valence-corrected chi connectivity index (χ0v) is 14.5. The molecule has 0 radical (unpaired) electrons. The fourth-order valence-corrected chi connectivity index (χ4v) is 3.15. The maximum Gasteiger partial charge on any atom is 0.279 e. The van der Waals surface area contributed by atoms with Crippen molar-refractivity contribution in [3.63, 3.8) is 0 Å². The predicted molar refractivity (Wildman–Crippen MR) is 90.9 cm³/mol. The monoisotopic (exact) mass is 459 g/mol. The maximum atomic E-state index is 7.26. The summed E-state index contributed by atoms with van der Waals surface area (Å²) in [7, 11) is 0. The standard InChI is InChI=1S/C14H11BrIN3O2/c15-7-3-10-11(6-20-14(17)18)9-4-8(16)1-2-12(9)21-13(10)19-5-7/h1-5,11H,6H2,(H3,17,18). The quantitative estimate of drug-likeness (QED) is 0.408. The van der Waals surface area contributed by atoms with E-state index in [9.17, 15) is 0 Å². The van der Waals surface area contributed by atoms with Gasteiger partial charge in [0.25, 0.3) is 6.02 Å². The zero-order chi connectivity index (χ0) is 15.0. The first-order valence-corrected chi connectivity index (χ1v) is 8.01. The van der Waals surface area contributed by atoms with Crippen molar-refractivity contribution in [1.82, 2.24) is 4.98 Å². The Morgan fingerprint density at radius 2 is 2.24 bits per heavy atom. The van der Waals surface area contributed by atoms with Crippen LogP contribution >= 0.6 is 38.5 Å². The molecule has 3 N–H and O–H groups in total. The highest BCUT2D eigenvalue weighted by Gasteiger charge is 2.29. The highest BCUT2D eigenvalue weighted by Crippen LogP contribution is 2.44. The Labute approximate surface area is 143 Å². The molecule has 1 aromatic carbocycles. The Kier molecular flexibility index (Phi) is 4.03. The molecule has 1 aliphatic heterocycles. The molecule has 0 bridgehead atoms. The van der Waals surface area contributed by atoms with Crippen LogP contribution in [0, 0.1) is 8.98 Å². The van der Waals surface area contributed by atoms with E-state index in [4.69, 9.17) is 20.6 Å². The number of benzene rings is 1. The molecule has 0 aliphatic carbocycles. The minimum Gasteiger partial charge on any atom is -0.465 e. The van der Waals surface area contributed by atoms with Gasteiger partial charge < -0.3 is 15.2 Å². The van der Waals surface area contributed by atoms with Gasteiger partial charge in [0.1, 0.15) is 12.4 Å². The van der Waals surface area contributed by atoms with E-state index in [0.717, 1.165) is 24.9 Å². The third kappa shape index (κ3) is 2.98. The van der Waals surface area contributed by atoms with Crippen molar-refractivity contribution in [3.05, 3.63) is 49.6 Å². The highest BCUT2D eigenvalue weighted by atomic mass is 127. The molecular weight excluding hydrogens is 449 g/mol. The van der Waals surface area contributed by atoms with E-state index in [1.54, 1.807) is 6.20 Å². The molecule has 0 fully saturated rings. The van der Waals surface area contributed by atoms with Gasteiger partial charge in [-0.05, 0) is 62.8 Å². The molecule has 0 saturated carbocycles. The summed E-state index contributed by atoms with van der Waals surface area (Å²) >= 11 is 5.68. The molecule has 5 nitrogen and oxygen atoms in total. The van der Waals surface area contributed by atoms with Gasteiger partial charge in [-0.3, -0.25) is 5.41 Å². The third-order valence-corrected chi connectivity index (χ3v) is 4.28. The molecule has 1 unspecified atom stereocenters. The summed E-state index contributed by atoms with van der Waals surface area (Å²) in [5.74, 6) is 1.24. The summed E-state index contributed by atoms with van der Waals surface area (Å²) in [6.07, 6.45) is 1.69. The number of hydrogen-bond donors (Lipinski definition) is 2. The summed E-state index contributed by atoms with van der Waals surface area (Å²) in [4.78, 5) is 4.31. The number of nitrogens with one attached hydrogen (secondary N) is 1. The first-order valence-electron chi connectivity index (χ1n) is 6.14. The van der Waals surface area contributed by atoms with Gasteiger partial charge in [-0.25, -0.2) is 4.98 Å². The van der Waals surface area contributed by atoms with Gasteiger partial charge in [-0.2, -0.15) is 0 Å². The molecule has 21 heavy (non-hydrogen) atoms. The second-order valence-electron chi connectivity index (χ2n) is 4.56. The maximum absolute atomic E-state index is 7.26. The summed E-state index contributed by atoms with van der Waals surface area (Å²) in [5, 5.41) is 7.26. The molecule has 0 spiro atoms. The largest absolute Gasteiger partial charge is 0.465 e. The normalized spacial score (nSPS) is 15.6. The second-order valence-corrected chi connectivity index (χ2v) is 6.72. The van der Waals surface area contributed by atoms with E-state index in [1.807, 2.05) is 24.3 Å².